The van der Waals surface area contributed by atoms with Gasteiger partial charge in [0.1, 0.15) is 10.5 Å². The number of hydrogen-bond donors (Lipinski definition) is 1. The summed E-state index contributed by atoms with van der Waals surface area (Å²) in [4.78, 5) is 12.9. The fourth-order valence-electron chi connectivity index (χ4n) is 5.45. The molecule has 1 amide bonds. The first kappa shape index (κ1) is 26.1. The molecule has 4 atom stereocenters. The molecule has 3 nitrogen and oxygen atoms in total. The van der Waals surface area contributed by atoms with Crippen molar-refractivity contribution in [1.82, 2.24) is 0 Å². The Bertz CT molecular complexity index is 797. The lowest BCUT2D eigenvalue weighted by Gasteiger charge is -2.53. The molecule has 176 valence electrons. The van der Waals surface area contributed by atoms with Crippen LogP contribution in [0, 0.1) is 22.7 Å². The van der Waals surface area contributed by atoms with Crippen LogP contribution in [0.4, 0.5) is 5.69 Å². The second kappa shape index (κ2) is 8.66. The molecule has 1 saturated carbocycles. The molecule has 0 spiro atoms. The van der Waals surface area contributed by atoms with Gasteiger partial charge in [-0.05, 0) is 65.5 Å². The molecule has 1 aliphatic carbocycles. The van der Waals surface area contributed by atoms with Crippen molar-refractivity contribution in [3.63, 3.8) is 0 Å². The molecule has 0 aromatic heterocycles. The van der Waals surface area contributed by atoms with Gasteiger partial charge in [-0.3, -0.25) is 4.79 Å². The van der Waals surface area contributed by atoms with E-state index >= 15 is 0 Å². The maximum absolute atomic E-state index is 12.9. The van der Waals surface area contributed by atoms with Gasteiger partial charge in [0, 0.05) is 11.1 Å². The van der Waals surface area contributed by atoms with E-state index in [1.807, 2.05) is 20.8 Å². The zero-order valence-electron chi connectivity index (χ0n) is 22.2. The van der Waals surface area contributed by atoms with Gasteiger partial charge >= 0.3 is 0 Å². The third kappa shape index (κ3) is 5.62. The van der Waals surface area contributed by atoms with E-state index in [9.17, 15) is 4.79 Å². The Labute approximate surface area is 194 Å². The highest BCUT2D eigenvalue weighted by Gasteiger charge is 2.48. The van der Waals surface area contributed by atoms with E-state index < -0.39 is 5.41 Å². The van der Waals surface area contributed by atoms with Crippen molar-refractivity contribution in [2.45, 2.75) is 106 Å². The van der Waals surface area contributed by atoms with Crippen LogP contribution in [0.1, 0.15) is 106 Å². The van der Waals surface area contributed by atoms with E-state index in [4.69, 9.17) is 4.43 Å². The summed E-state index contributed by atoms with van der Waals surface area (Å²) in [7, 11) is 0.772. The summed E-state index contributed by atoms with van der Waals surface area (Å²) < 4.78 is 6.16. The molecule has 1 fully saturated rings. The van der Waals surface area contributed by atoms with Gasteiger partial charge in [-0.2, -0.15) is 0 Å². The SMILES string of the molecule is CC1C(C(C)(C)C)C(c2ccc(C(C)(C)C)c(NC(=O)C(C)(C)C)c2)CCC1(C)O[SiH3]. The molecule has 0 saturated heterocycles. The van der Waals surface area contributed by atoms with Gasteiger partial charge in [0.15, 0.2) is 0 Å². The summed E-state index contributed by atoms with van der Waals surface area (Å²) in [6.07, 6.45) is 2.20. The Morgan fingerprint density at radius 3 is 2.13 bits per heavy atom. The molecule has 31 heavy (non-hydrogen) atoms. The predicted octanol–water partition coefficient (Wildman–Crippen LogP) is 6.20. The summed E-state index contributed by atoms with van der Waals surface area (Å²) in [6.45, 7) is 24.3. The first-order chi connectivity index (χ1) is 13.9. The maximum Gasteiger partial charge on any atom is 0.229 e. The molecule has 0 bridgehead atoms. The van der Waals surface area contributed by atoms with Crippen LogP contribution in [-0.4, -0.2) is 22.0 Å². The Hall–Kier alpha value is -1.13. The van der Waals surface area contributed by atoms with Crippen molar-refractivity contribution < 1.29 is 9.22 Å². The Morgan fingerprint density at radius 2 is 1.68 bits per heavy atom. The van der Waals surface area contributed by atoms with Crippen molar-refractivity contribution in [3.8, 4) is 0 Å². The van der Waals surface area contributed by atoms with Gasteiger partial charge in [0.25, 0.3) is 0 Å². The number of amides is 1. The summed E-state index contributed by atoms with van der Waals surface area (Å²) in [5.41, 5.74) is 3.18. The van der Waals surface area contributed by atoms with Crippen LogP contribution in [0.5, 0.6) is 0 Å². The monoisotopic (exact) mass is 445 g/mol. The van der Waals surface area contributed by atoms with E-state index in [0.717, 1.165) is 29.0 Å². The first-order valence-corrected chi connectivity index (χ1v) is 12.7. The van der Waals surface area contributed by atoms with Crippen LogP contribution in [0.15, 0.2) is 18.2 Å². The zero-order valence-corrected chi connectivity index (χ0v) is 24.2. The molecule has 1 aliphatic rings. The number of carbonyl (C=O) groups is 1. The van der Waals surface area contributed by atoms with Crippen molar-refractivity contribution >= 4 is 22.1 Å². The van der Waals surface area contributed by atoms with Crippen molar-refractivity contribution in [1.29, 1.82) is 0 Å². The molecular weight excluding hydrogens is 398 g/mol. The minimum atomic E-state index is -0.428. The highest BCUT2D eigenvalue weighted by Crippen LogP contribution is 2.54. The van der Waals surface area contributed by atoms with E-state index in [1.165, 1.54) is 11.1 Å². The van der Waals surface area contributed by atoms with Gasteiger partial charge in [-0.25, -0.2) is 0 Å². The molecule has 0 radical (unpaired) electrons. The maximum atomic E-state index is 12.9. The summed E-state index contributed by atoms with van der Waals surface area (Å²) in [5, 5.41) is 3.27. The minimum absolute atomic E-state index is 0.0324. The summed E-state index contributed by atoms with van der Waals surface area (Å²) in [6, 6.07) is 6.83. The minimum Gasteiger partial charge on any atom is -0.422 e. The number of benzene rings is 1. The highest BCUT2D eigenvalue weighted by atomic mass is 28.2. The van der Waals surface area contributed by atoms with Crippen LogP contribution >= 0.6 is 0 Å². The van der Waals surface area contributed by atoms with Gasteiger partial charge in [0.05, 0.1) is 5.60 Å². The van der Waals surface area contributed by atoms with Crippen molar-refractivity contribution in [2.75, 3.05) is 5.32 Å². The average molecular weight is 446 g/mol. The van der Waals surface area contributed by atoms with Crippen molar-refractivity contribution in [3.05, 3.63) is 29.3 Å². The topological polar surface area (TPSA) is 38.3 Å². The van der Waals surface area contributed by atoms with Gasteiger partial charge in [0.2, 0.25) is 5.91 Å². The lowest BCUT2D eigenvalue weighted by molar-refractivity contribution is -0.123. The fourth-order valence-corrected chi connectivity index (χ4v) is 6.03. The number of hydrogen-bond acceptors (Lipinski definition) is 2. The van der Waals surface area contributed by atoms with E-state index in [0.29, 0.717) is 17.8 Å². The Balaban J connectivity index is 2.56. The molecule has 1 aromatic carbocycles. The predicted molar refractivity (Wildman–Crippen MR) is 137 cm³/mol. The second-order valence-corrected chi connectivity index (χ2v) is 13.5. The lowest BCUT2D eigenvalue weighted by Crippen LogP contribution is -2.49. The average Bonchev–Trinajstić information content (AvgIpc) is 2.61. The molecule has 4 unspecified atom stereocenters. The number of carbonyl (C=O) groups excluding carboxylic acids is 1. The zero-order chi connectivity index (χ0) is 24.0. The molecule has 0 aliphatic heterocycles. The van der Waals surface area contributed by atoms with Crippen LogP contribution < -0.4 is 5.32 Å². The molecule has 1 N–H and O–H groups in total. The summed E-state index contributed by atoms with van der Waals surface area (Å²) in [5.74, 6) is 1.50. The van der Waals surface area contributed by atoms with Gasteiger partial charge in [-0.1, -0.05) is 81.4 Å². The Morgan fingerprint density at radius 1 is 1.10 bits per heavy atom. The fraction of sp³-hybridized carbons (Fsp3) is 0.741. The number of nitrogens with one attached hydrogen (secondary N) is 1. The molecular formula is C27H47NO2Si. The van der Waals surface area contributed by atoms with Crippen molar-refractivity contribution in [2.24, 2.45) is 22.7 Å². The van der Waals surface area contributed by atoms with E-state index in [2.05, 4.69) is 78.9 Å². The molecule has 1 aromatic rings. The van der Waals surface area contributed by atoms with Gasteiger partial charge in [-0.15, -0.1) is 0 Å². The third-order valence-corrected chi connectivity index (χ3v) is 8.50. The number of rotatable bonds is 3. The molecule has 2 rings (SSSR count). The molecule has 4 heteroatoms. The summed E-state index contributed by atoms with van der Waals surface area (Å²) >= 11 is 0. The Kier molecular flexibility index (Phi) is 7.30. The van der Waals surface area contributed by atoms with Crippen LogP contribution in [0.2, 0.25) is 0 Å². The van der Waals surface area contributed by atoms with E-state index in [1.54, 1.807) is 0 Å². The highest BCUT2D eigenvalue weighted by molar-refractivity contribution is 5.98. The molecule has 0 heterocycles. The smallest absolute Gasteiger partial charge is 0.229 e. The van der Waals surface area contributed by atoms with Crippen LogP contribution in [0.25, 0.3) is 0 Å². The quantitative estimate of drug-likeness (QED) is 0.562. The van der Waals surface area contributed by atoms with E-state index in [-0.39, 0.29) is 22.3 Å². The third-order valence-electron chi connectivity index (χ3n) is 7.56. The number of anilines is 1. The second-order valence-electron chi connectivity index (χ2n) is 13.1. The first-order valence-electron chi connectivity index (χ1n) is 11.9. The van der Waals surface area contributed by atoms with Crippen LogP contribution in [0.3, 0.4) is 0 Å². The normalized spacial score (nSPS) is 27.9. The van der Waals surface area contributed by atoms with Gasteiger partial charge < -0.3 is 9.74 Å². The standard InChI is InChI=1S/C27H47NO2Si/c1-17-22(25(5,6)7)19(14-15-27(17,11)30-31)18-12-13-20(24(2,3)4)21(16-18)28-23(29)26(8,9)10/h12-13,16-17,19,22H,14-15H2,1-11,31H3,(H,28,29). The largest absolute Gasteiger partial charge is 0.422 e. The van der Waals surface area contributed by atoms with Crippen LogP contribution in [-0.2, 0) is 14.6 Å². The lowest BCUT2D eigenvalue weighted by atomic mass is 9.56.